The fourth-order valence-corrected chi connectivity index (χ4v) is 2.53. The molecule has 6 nitrogen and oxygen atoms in total. The third kappa shape index (κ3) is 5.77. The summed E-state index contributed by atoms with van der Waals surface area (Å²) >= 11 is 0. The molecule has 0 aliphatic heterocycles. The van der Waals surface area contributed by atoms with Crippen molar-refractivity contribution in [2.24, 2.45) is 0 Å². The Morgan fingerprint density at radius 3 is 2.12 bits per heavy atom. The fourth-order valence-electron chi connectivity index (χ4n) is 2.53. The van der Waals surface area contributed by atoms with E-state index in [1.807, 2.05) is 60.7 Å². The van der Waals surface area contributed by atoms with Crippen LogP contribution in [0.2, 0.25) is 0 Å². The van der Waals surface area contributed by atoms with Gasteiger partial charge in [-0.3, -0.25) is 0 Å². The van der Waals surface area contributed by atoms with Gasteiger partial charge in [0.05, 0.1) is 51.0 Å². The van der Waals surface area contributed by atoms with Crippen molar-refractivity contribution in [2.75, 3.05) is 6.61 Å². The highest BCUT2D eigenvalue weighted by molar-refractivity contribution is 5.14. The molecule has 0 aliphatic carbocycles. The molecule has 6 heteroatoms. The van der Waals surface area contributed by atoms with E-state index in [2.05, 4.69) is 10.3 Å². The zero-order chi connectivity index (χ0) is 18.0. The van der Waals surface area contributed by atoms with Gasteiger partial charge >= 0.3 is 0 Å². The third-order valence-corrected chi connectivity index (χ3v) is 3.86. The van der Waals surface area contributed by atoms with Crippen molar-refractivity contribution in [2.45, 2.75) is 32.5 Å². The van der Waals surface area contributed by atoms with Gasteiger partial charge in [0.1, 0.15) is 0 Å². The molecule has 0 bridgehead atoms. The Morgan fingerprint density at radius 2 is 1.46 bits per heavy atom. The zero-order valence-corrected chi connectivity index (χ0v) is 14.6. The highest BCUT2D eigenvalue weighted by atomic mass is 16.5. The molecule has 1 aromatic heterocycles. The lowest BCUT2D eigenvalue weighted by Crippen LogP contribution is -2.24. The normalized spacial score (nSPS) is 12.2. The van der Waals surface area contributed by atoms with E-state index in [4.69, 9.17) is 9.47 Å². The molecule has 1 atom stereocenters. The Labute approximate surface area is 153 Å². The molecule has 3 aromatic rings. The van der Waals surface area contributed by atoms with E-state index in [0.717, 1.165) is 16.8 Å². The Balaban J connectivity index is 1.41. The maximum absolute atomic E-state index is 10.2. The molecule has 1 unspecified atom stereocenters. The number of aliphatic hydroxyl groups excluding tert-OH is 1. The van der Waals surface area contributed by atoms with Crippen LogP contribution in [-0.4, -0.2) is 32.8 Å². The van der Waals surface area contributed by atoms with Crippen molar-refractivity contribution in [1.29, 1.82) is 0 Å². The standard InChI is InChI=1S/C20H23N3O3/c24-20(16-26-14-18-9-5-2-6-10-18)12-23-19(11-21-22-23)15-25-13-17-7-3-1-4-8-17/h1-11,20,24H,12-16H2. The van der Waals surface area contributed by atoms with E-state index in [1.54, 1.807) is 10.9 Å². The van der Waals surface area contributed by atoms with E-state index in [1.165, 1.54) is 0 Å². The van der Waals surface area contributed by atoms with Crippen molar-refractivity contribution in [3.8, 4) is 0 Å². The first-order valence-electron chi connectivity index (χ1n) is 8.60. The molecule has 136 valence electrons. The van der Waals surface area contributed by atoms with Crippen LogP contribution in [-0.2, 0) is 35.8 Å². The van der Waals surface area contributed by atoms with Crippen LogP contribution in [0.1, 0.15) is 16.8 Å². The number of benzene rings is 2. The summed E-state index contributed by atoms with van der Waals surface area (Å²) in [5.41, 5.74) is 3.01. The summed E-state index contributed by atoms with van der Waals surface area (Å²) in [7, 11) is 0. The quantitative estimate of drug-likeness (QED) is 0.607. The molecule has 1 N–H and O–H groups in total. The average molecular weight is 353 g/mol. The SMILES string of the molecule is OC(COCc1ccccc1)Cn1nncc1COCc1ccccc1. The van der Waals surface area contributed by atoms with E-state index in [0.29, 0.717) is 26.4 Å². The second-order valence-electron chi connectivity index (χ2n) is 6.04. The first kappa shape index (κ1) is 18.3. The predicted molar refractivity (Wildman–Crippen MR) is 97.1 cm³/mol. The molecular weight excluding hydrogens is 330 g/mol. The Morgan fingerprint density at radius 1 is 0.846 bits per heavy atom. The summed E-state index contributed by atoms with van der Waals surface area (Å²) in [6, 6.07) is 19.9. The van der Waals surface area contributed by atoms with Gasteiger partial charge in [-0.1, -0.05) is 65.9 Å². The van der Waals surface area contributed by atoms with E-state index >= 15 is 0 Å². The lowest BCUT2D eigenvalue weighted by Gasteiger charge is -2.13. The third-order valence-electron chi connectivity index (χ3n) is 3.86. The zero-order valence-electron chi connectivity index (χ0n) is 14.6. The average Bonchev–Trinajstić information content (AvgIpc) is 3.10. The van der Waals surface area contributed by atoms with Gasteiger partial charge in [-0.15, -0.1) is 5.10 Å². The fraction of sp³-hybridized carbons (Fsp3) is 0.300. The number of aliphatic hydroxyl groups is 1. The van der Waals surface area contributed by atoms with Crippen LogP contribution in [0.25, 0.3) is 0 Å². The molecule has 2 aromatic carbocycles. The summed E-state index contributed by atoms with van der Waals surface area (Å²) in [4.78, 5) is 0. The largest absolute Gasteiger partial charge is 0.389 e. The number of aromatic nitrogens is 3. The second kappa shape index (κ2) is 9.82. The van der Waals surface area contributed by atoms with Gasteiger partial charge in [-0.2, -0.15) is 0 Å². The summed E-state index contributed by atoms with van der Waals surface area (Å²) in [5, 5.41) is 18.1. The molecule has 0 spiro atoms. The van der Waals surface area contributed by atoms with Crippen molar-refractivity contribution in [3.05, 3.63) is 83.7 Å². The maximum atomic E-state index is 10.2. The minimum atomic E-state index is -0.659. The molecule has 0 saturated carbocycles. The topological polar surface area (TPSA) is 69.4 Å². The Bertz CT molecular complexity index is 762. The van der Waals surface area contributed by atoms with Crippen LogP contribution < -0.4 is 0 Å². The van der Waals surface area contributed by atoms with Crippen LogP contribution in [0.5, 0.6) is 0 Å². The van der Waals surface area contributed by atoms with Crippen LogP contribution in [0.4, 0.5) is 0 Å². The predicted octanol–water partition coefficient (Wildman–Crippen LogP) is 2.57. The number of ether oxygens (including phenoxy) is 2. The van der Waals surface area contributed by atoms with Gasteiger partial charge in [0.2, 0.25) is 0 Å². The van der Waals surface area contributed by atoms with Crippen molar-refractivity contribution >= 4 is 0 Å². The molecule has 0 radical (unpaired) electrons. The monoisotopic (exact) mass is 353 g/mol. The lowest BCUT2D eigenvalue weighted by molar-refractivity contribution is 0.0167. The first-order valence-corrected chi connectivity index (χ1v) is 8.60. The molecular formula is C20H23N3O3. The molecule has 1 heterocycles. The highest BCUT2D eigenvalue weighted by Gasteiger charge is 2.11. The summed E-state index contributed by atoms with van der Waals surface area (Å²) in [6.45, 7) is 1.94. The van der Waals surface area contributed by atoms with Crippen molar-refractivity contribution in [1.82, 2.24) is 15.0 Å². The van der Waals surface area contributed by atoms with Gasteiger partial charge in [0.15, 0.2) is 0 Å². The number of rotatable bonds is 10. The Hall–Kier alpha value is -2.54. The van der Waals surface area contributed by atoms with Gasteiger partial charge in [0.25, 0.3) is 0 Å². The maximum Gasteiger partial charge on any atom is 0.0969 e. The molecule has 0 fully saturated rings. The lowest BCUT2D eigenvalue weighted by atomic mass is 10.2. The summed E-state index contributed by atoms with van der Waals surface area (Å²) < 4.78 is 12.9. The van der Waals surface area contributed by atoms with Gasteiger partial charge in [-0.25, -0.2) is 4.68 Å². The van der Waals surface area contributed by atoms with Crippen molar-refractivity contribution in [3.63, 3.8) is 0 Å². The summed E-state index contributed by atoms with van der Waals surface area (Å²) in [5.74, 6) is 0. The minimum absolute atomic E-state index is 0.235. The van der Waals surface area contributed by atoms with Crippen LogP contribution in [0.3, 0.4) is 0 Å². The molecule has 0 amide bonds. The molecule has 3 rings (SSSR count). The van der Waals surface area contributed by atoms with Gasteiger partial charge < -0.3 is 14.6 Å². The van der Waals surface area contributed by atoms with Gasteiger partial charge in [-0.05, 0) is 11.1 Å². The molecule has 0 saturated heterocycles. The Kier molecular flexibility index (Phi) is 6.89. The minimum Gasteiger partial charge on any atom is -0.389 e. The second-order valence-corrected chi connectivity index (χ2v) is 6.04. The van der Waals surface area contributed by atoms with E-state index < -0.39 is 6.10 Å². The van der Waals surface area contributed by atoms with Crippen molar-refractivity contribution < 1.29 is 14.6 Å². The van der Waals surface area contributed by atoms with Crippen LogP contribution in [0, 0.1) is 0 Å². The highest BCUT2D eigenvalue weighted by Crippen LogP contribution is 2.06. The number of nitrogens with zero attached hydrogens (tertiary/aromatic N) is 3. The summed E-state index contributed by atoms with van der Waals surface area (Å²) in [6.07, 6.45) is 0.996. The van der Waals surface area contributed by atoms with E-state index in [9.17, 15) is 5.11 Å². The number of hydrogen-bond acceptors (Lipinski definition) is 5. The smallest absolute Gasteiger partial charge is 0.0969 e. The number of hydrogen-bond donors (Lipinski definition) is 1. The molecule has 0 aliphatic rings. The van der Waals surface area contributed by atoms with E-state index in [-0.39, 0.29) is 6.61 Å². The van der Waals surface area contributed by atoms with Crippen LogP contribution >= 0.6 is 0 Å². The first-order chi connectivity index (χ1) is 12.8. The van der Waals surface area contributed by atoms with Crippen LogP contribution in [0.15, 0.2) is 66.9 Å². The molecule has 26 heavy (non-hydrogen) atoms. The van der Waals surface area contributed by atoms with Gasteiger partial charge in [0, 0.05) is 0 Å².